The summed E-state index contributed by atoms with van der Waals surface area (Å²) in [6.45, 7) is 4.71. The summed E-state index contributed by atoms with van der Waals surface area (Å²) in [5.41, 5.74) is 0.360. The first-order valence-corrected chi connectivity index (χ1v) is 8.25. The van der Waals surface area contributed by atoms with Gasteiger partial charge in [0.25, 0.3) is 0 Å². The Morgan fingerprint density at radius 3 is 2.64 bits per heavy atom. The number of hydrogen-bond acceptors (Lipinski definition) is 4. The topological polar surface area (TPSA) is 72.0 Å². The molecule has 6 nitrogen and oxygen atoms in total. The molecule has 0 saturated heterocycles. The smallest absolute Gasteiger partial charge is 0.305 e. The van der Waals surface area contributed by atoms with Gasteiger partial charge in [0.1, 0.15) is 0 Å². The van der Waals surface area contributed by atoms with Crippen LogP contribution in [-0.4, -0.2) is 52.4 Å². The second-order valence-corrected chi connectivity index (χ2v) is 5.86. The minimum Gasteiger partial charge on any atom is -0.466 e. The Bertz CT molecular complexity index is 355. The zero-order valence-electron chi connectivity index (χ0n) is 14.2. The predicted octanol–water partition coefficient (Wildman–Crippen LogP) is 1.70. The highest BCUT2D eigenvalue weighted by atomic mass is 16.5. The summed E-state index contributed by atoms with van der Waals surface area (Å²) >= 11 is 0. The van der Waals surface area contributed by atoms with Crippen LogP contribution in [0, 0.1) is 5.41 Å². The molecule has 2 N–H and O–H groups in total. The molecule has 0 amide bonds. The van der Waals surface area contributed by atoms with Crippen LogP contribution in [-0.2, 0) is 14.3 Å². The first kappa shape index (κ1) is 18.7. The molecule has 0 atom stereocenters. The van der Waals surface area contributed by atoms with Gasteiger partial charge < -0.3 is 20.1 Å². The molecule has 6 heteroatoms. The average molecular weight is 313 g/mol. The van der Waals surface area contributed by atoms with Gasteiger partial charge in [-0.1, -0.05) is 6.42 Å². The van der Waals surface area contributed by atoms with Crippen LogP contribution < -0.4 is 10.6 Å². The lowest BCUT2D eigenvalue weighted by molar-refractivity contribution is -0.143. The number of nitrogens with zero attached hydrogens (tertiary/aromatic N) is 1. The maximum Gasteiger partial charge on any atom is 0.305 e. The largest absolute Gasteiger partial charge is 0.466 e. The molecule has 1 aliphatic rings. The second kappa shape index (κ2) is 10.4. The molecule has 0 heterocycles. The lowest BCUT2D eigenvalue weighted by Crippen LogP contribution is -2.47. The minimum absolute atomic E-state index is 0.139. The Balaban J connectivity index is 2.20. The lowest BCUT2D eigenvalue weighted by Gasteiger charge is -2.42. The average Bonchev–Trinajstić information content (AvgIpc) is 2.48. The number of hydrogen-bond donors (Lipinski definition) is 2. The first-order chi connectivity index (χ1) is 10.7. The van der Waals surface area contributed by atoms with E-state index in [-0.39, 0.29) is 5.97 Å². The molecule has 0 unspecified atom stereocenters. The van der Waals surface area contributed by atoms with E-state index in [0.717, 1.165) is 32.0 Å². The van der Waals surface area contributed by atoms with Gasteiger partial charge in [0, 0.05) is 40.3 Å². The molecule has 22 heavy (non-hydrogen) atoms. The van der Waals surface area contributed by atoms with E-state index in [1.165, 1.54) is 19.3 Å². The quantitative estimate of drug-likeness (QED) is 0.278. The van der Waals surface area contributed by atoms with Crippen LogP contribution in [0.3, 0.4) is 0 Å². The van der Waals surface area contributed by atoms with Crippen LogP contribution >= 0.6 is 0 Å². The van der Waals surface area contributed by atoms with Gasteiger partial charge in [-0.2, -0.15) is 0 Å². The number of esters is 1. The monoisotopic (exact) mass is 313 g/mol. The Morgan fingerprint density at radius 2 is 2.09 bits per heavy atom. The number of ether oxygens (including phenoxy) is 2. The highest BCUT2D eigenvalue weighted by Crippen LogP contribution is 2.43. The van der Waals surface area contributed by atoms with Crippen LogP contribution in [0.1, 0.15) is 45.4 Å². The van der Waals surface area contributed by atoms with E-state index in [0.29, 0.717) is 25.0 Å². The van der Waals surface area contributed by atoms with Crippen LogP contribution in [0.15, 0.2) is 4.99 Å². The van der Waals surface area contributed by atoms with E-state index in [9.17, 15) is 4.79 Å². The molecule has 128 valence electrons. The standard InChI is InChI=1S/C16H31N3O3/c1-4-22-14(20)7-5-11-18-15(17-2)19-13-16(8-6-9-16)10-12-21-3/h4-13H2,1-3H3,(H2,17,18,19). The van der Waals surface area contributed by atoms with Crippen molar-refractivity contribution in [3.63, 3.8) is 0 Å². The van der Waals surface area contributed by atoms with Crippen molar-refractivity contribution in [2.45, 2.75) is 45.4 Å². The summed E-state index contributed by atoms with van der Waals surface area (Å²) in [7, 11) is 3.52. The van der Waals surface area contributed by atoms with Crippen molar-refractivity contribution in [1.29, 1.82) is 0 Å². The maximum absolute atomic E-state index is 11.3. The summed E-state index contributed by atoms with van der Waals surface area (Å²) in [6, 6.07) is 0. The SMILES string of the molecule is CCOC(=O)CCCNC(=NC)NCC1(CCOC)CCC1. The molecule has 0 bridgehead atoms. The van der Waals surface area contributed by atoms with Gasteiger partial charge in [-0.25, -0.2) is 0 Å². The minimum atomic E-state index is -0.139. The number of rotatable bonds is 10. The van der Waals surface area contributed by atoms with Crippen molar-refractivity contribution in [2.24, 2.45) is 10.4 Å². The molecule has 1 fully saturated rings. The highest BCUT2D eigenvalue weighted by molar-refractivity contribution is 5.79. The third-order valence-corrected chi connectivity index (χ3v) is 4.26. The molecule has 0 aromatic carbocycles. The molecule has 0 spiro atoms. The predicted molar refractivity (Wildman–Crippen MR) is 88.0 cm³/mol. The molecule has 1 aliphatic carbocycles. The van der Waals surface area contributed by atoms with E-state index in [4.69, 9.17) is 9.47 Å². The molecule has 0 aromatic rings. The third kappa shape index (κ3) is 6.64. The normalized spacial score (nSPS) is 16.8. The number of aliphatic imine (C=N–C) groups is 1. The molecular weight excluding hydrogens is 282 g/mol. The van der Waals surface area contributed by atoms with Gasteiger partial charge in [-0.15, -0.1) is 0 Å². The molecule has 1 rings (SSSR count). The zero-order chi connectivity index (χ0) is 16.3. The van der Waals surface area contributed by atoms with Crippen molar-refractivity contribution < 1.29 is 14.3 Å². The van der Waals surface area contributed by atoms with Crippen molar-refractivity contribution in [3.8, 4) is 0 Å². The Morgan fingerprint density at radius 1 is 1.32 bits per heavy atom. The summed E-state index contributed by atoms with van der Waals surface area (Å²) in [5.74, 6) is 0.660. The van der Waals surface area contributed by atoms with Crippen molar-refractivity contribution >= 4 is 11.9 Å². The summed E-state index contributed by atoms with van der Waals surface area (Å²) in [5, 5.41) is 6.65. The molecular formula is C16H31N3O3. The van der Waals surface area contributed by atoms with Crippen molar-refractivity contribution in [3.05, 3.63) is 0 Å². The fourth-order valence-electron chi connectivity index (χ4n) is 2.68. The summed E-state index contributed by atoms with van der Waals surface area (Å²) in [4.78, 5) is 15.5. The van der Waals surface area contributed by atoms with Crippen molar-refractivity contribution in [1.82, 2.24) is 10.6 Å². The number of carbonyl (C=O) groups is 1. The maximum atomic E-state index is 11.3. The Hall–Kier alpha value is -1.30. The molecule has 0 radical (unpaired) electrons. The highest BCUT2D eigenvalue weighted by Gasteiger charge is 2.36. The van der Waals surface area contributed by atoms with Gasteiger partial charge in [-0.3, -0.25) is 9.79 Å². The van der Waals surface area contributed by atoms with Crippen LogP contribution in [0.5, 0.6) is 0 Å². The van der Waals surface area contributed by atoms with E-state index in [2.05, 4.69) is 15.6 Å². The van der Waals surface area contributed by atoms with Crippen LogP contribution in [0.25, 0.3) is 0 Å². The fourth-order valence-corrected chi connectivity index (χ4v) is 2.68. The van der Waals surface area contributed by atoms with Gasteiger partial charge in [0.15, 0.2) is 5.96 Å². The molecule has 0 aliphatic heterocycles. The zero-order valence-corrected chi connectivity index (χ0v) is 14.2. The Kier molecular flexibility index (Phi) is 8.89. The third-order valence-electron chi connectivity index (χ3n) is 4.26. The lowest BCUT2D eigenvalue weighted by atomic mass is 9.67. The number of carbonyl (C=O) groups excluding carboxylic acids is 1. The molecule has 0 aromatic heterocycles. The number of nitrogens with one attached hydrogen (secondary N) is 2. The number of guanidine groups is 1. The van der Waals surface area contributed by atoms with E-state index in [1.54, 1.807) is 14.2 Å². The van der Waals surface area contributed by atoms with Gasteiger partial charge in [-0.05, 0) is 38.0 Å². The fraction of sp³-hybridized carbons (Fsp3) is 0.875. The van der Waals surface area contributed by atoms with E-state index < -0.39 is 0 Å². The van der Waals surface area contributed by atoms with Crippen molar-refractivity contribution in [2.75, 3.05) is 40.5 Å². The van der Waals surface area contributed by atoms with Gasteiger partial charge >= 0.3 is 5.97 Å². The Labute approximate surface area is 134 Å². The van der Waals surface area contributed by atoms with Gasteiger partial charge in [0.05, 0.1) is 6.61 Å². The second-order valence-electron chi connectivity index (χ2n) is 5.86. The first-order valence-electron chi connectivity index (χ1n) is 8.25. The van der Waals surface area contributed by atoms with E-state index in [1.807, 2.05) is 6.92 Å². The van der Waals surface area contributed by atoms with E-state index >= 15 is 0 Å². The molecule has 1 saturated carbocycles. The van der Waals surface area contributed by atoms with Crippen LogP contribution in [0.2, 0.25) is 0 Å². The summed E-state index contributed by atoms with van der Waals surface area (Å²) < 4.78 is 10.1. The van der Waals surface area contributed by atoms with Gasteiger partial charge in [0.2, 0.25) is 0 Å². The number of methoxy groups -OCH3 is 1. The van der Waals surface area contributed by atoms with Crippen LogP contribution in [0.4, 0.5) is 0 Å². The summed E-state index contributed by atoms with van der Waals surface area (Å²) in [6.07, 6.45) is 6.09.